The lowest BCUT2D eigenvalue weighted by molar-refractivity contribution is -0.139. The van der Waals surface area contributed by atoms with Gasteiger partial charge in [-0.2, -0.15) is 0 Å². The van der Waals surface area contributed by atoms with Crippen molar-refractivity contribution in [3.8, 4) is 11.3 Å². The number of benzene rings is 2. The first-order valence-electron chi connectivity index (χ1n) is 11.1. The molecule has 1 aromatic heterocycles. The van der Waals surface area contributed by atoms with Gasteiger partial charge in [-0.3, -0.25) is 10.2 Å². The van der Waals surface area contributed by atoms with Gasteiger partial charge < -0.3 is 14.6 Å². The summed E-state index contributed by atoms with van der Waals surface area (Å²) in [7, 11) is 0. The third-order valence-electron chi connectivity index (χ3n) is 6.19. The molecule has 0 radical (unpaired) electrons. The highest BCUT2D eigenvalue weighted by Gasteiger charge is 2.38. The van der Waals surface area contributed by atoms with Gasteiger partial charge in [-0.25, -0.2) is 15.6 Å². The van der Waals surface area contributed by atoms with E-state index in [0.29, 0.717) is 18.8 Å². The molecule has 2 unspecified atom stereocenters. The Morgan fingerprint density at radius 3 is 2.76 bits per heavy atom. The van der Waals surface area contributed by atoms with Crippen molar-refractivity contribution in [1.29, 1.82) is 0 Å². The number of imidazole rings is 1. The highest BCUT2D eigenvalue weighted by molar-refractivity contribution is 9.10. The number of rotatable bonds is 6. The van der Waals surface area contributed by atoms with E-state index in [0.717, 1.165) is 32.1 Å². The zero-order valence-corrected chi connectivity index (χ0v) is 20.8. The van der Waals surface area contributed by atoms with Crippen molar-refractivity contribution >= 4 is 38.7 Å². The topological polar surface area (TPSA) is 113 Å². The number of aromatic nitrogens is 2. The minimum absolute atomic E-state index is 0.0302. The molecule has 34 heavy (non-hydrogen) atoms. The highest BCUT2D eigenvalue weighted by Crippen LogP contribution is 2.36. The van der Waals surface area contributed by atoms with Crippen LogP contribution in [0, 0.1) is 11.8 Å². The lowest BCUT2D eigenvalue weighted by Crippen LogP contribution is -2.41. The molecular weight excluding hydrogens is 498 g/mol. The summed E-state index contributed by atoms with van der Waals surface area (Å²) in [5, 5.41) is 2.27. The predicted octanol–water partition coefficient (Wildman–Crippen LogP) is 4.69. The summed E-state index contributed by atoms with van der Waals surface area (Å²) < 4.78 is 6.13. The molecule has 1 aliphatic rings. The maximum absolute atomic E-state index is 13.5. The molecule has 0 bridgehead atoms. The second kappa shape index (κ2) is 9.99. The van der Waals surface area contributed by atoms with E-state index >= 15 is 0 Å². The van der Waals surface area contributed by atoms with Gasteiger partial charge in [0.25, 0.3) is 0 Å². The molecule has 178 valence electrons. The van der Waals surface area contributed by atoms with Gasteiger partial charge in [-0.15, -0.1) is 0 Å². The second-order valence-corrected chi connectivity index (χ2v) is 9.83. The summed E-state index contributed by atoms with van der Waals surface area (Å²) in [4.78, 5) is 34.7. The number of hydrogen-bond donors (Lipinski definition) is 3. The largest absolute Gasteiger partial charge is 0.448 e. The Morgan fingerprint density at radius 1 is 1.29 bits per heavy atom. The molecule has 9 heteroatoms. The van der Waals surface area contributed by atoms with Gasteiger partial charge in [-0.05, 0) is 41.3 Å². The van der Waals surface area contributed by atoms with Crippen LogP contribution in [0.15, 0.2) is 59.2 Å². The van der Waals surface area contributed by atoms with Crippen molar-refractivity contribution in [3.63, 3.8) is 0 Å². The van der Waals surface area contributed by atoms with Gasteiger partial charge in [0, 0.05) is 16.6 Å². The number of amides is 2. The summed E-state index contributed by atoms with van der Waals surface area (Å²) >= 11 is 3.51. The number of aromatic amines is 1. The molecule has 3 aromatic rings. The number of nitrogens with two attached hydrogens (primary N) is 1. The van der Waals surface area contributed by atoms with E-state index in [-0.39, 0.29) is 24.5 Å². The van der Waals surface area contributed by atoms with Gasteiger partial charge in [-0.1, -0.05) is 60.1 Å². The maximum atomic E-state index is 13.5. The number of likely N-dealkylation sites (tertiary alicyclic amines) is 1. The fourth-order valence-electron chi connectivity index (χ4n) is 4.28. The molecule has 8 nitrogen and oxygen atoms in total. The van der Waals surface area contributed by atoms with Crippen LogP contribution in [0.2, 0.25) is 0 Å². The summed E-state index contributed by atoms with van der Waals surface area (Å²) in [6.45, 7) is 8.35. The smallest absolute Gasteiger partial charge is 0.421 e. The van der Waals surface area contributed by atoms with Crippen molar-refractivity contribution in [2.24, 2.45) is 17.7 Å². The Hall–Kier alpha value is -3.17. The molecule has 1 fully saturated rings. The molecule has 4 N–H and O–H groups in total. The minimum atomic E-state index is -0.765. The molecule has 0 spiro atoms. The number of halogens is 1. The lowest BCUT2D eigenvalue weighted by Gasteiger charge is -2.29. The Kier molecular flexibility index (Phi) is 7.04. The average Bonchev–Trinajstić information content (AvgIpc) is 3.45. The average molecular weight is 526 g/mol. The minimum Gasteiger partial charge on any atom is -0.448 e. The van der Waals surface area contributed by atoms with Crippen LogP contribution in [0.1, 0.15) is 32.1 Å². The Bertz CT molecular complexity index is 1240. The first-order valence-corrected chi connectivity index (χ1v) is 11.9. The fraction of sp³-hybridized carbons (Fsp3) is 0.320. The number of nitrogens with one attached hydrogen (secondary N) is 2. The van der Waals surface area contributed by atoms with Crippen LogP contribution < -0.4 is 11.3 Å². The predicted molar refractivity (Wildman–Crippen MR) is 134 cm³/mol. The third-order valence-corrected chi connectivity index (χ3v) is 6.69. The first-order chi connectivity index (χ1) is 16.3. The molecule has 0 saturated carbocycles. The summed E-state index contributed by atoms with van der Waals surface area (Å²) in [6.07, 6.45) is 1.66. The number of nitrogens with zero attached hydrogens (tertiary/aromatic N) is 2. The van der Waals surface area contributed by atoms with E-state index in [4.69, 9.17) is 10.6 Å². The second-order valence-electron chi connectivity index (χ2n) is 8.92. The number of ether oxygens (including phenoxy) is 1. The molecule has 2 heterocycles. The van der Waals surface area contributed by atoms with Gasteiger partial charge >= 0.3 is 6.09 Å². The number of fused-ring (bicyclic) bond motifs is 1. The lowest BCUT2D eigenvalue weighted by atomic mass is 9.95. The van der Waals surface area contributed by atoms with Crippen LogP contribution in [0.5, 0.6) is 0 Å². The summed E-state index contributed by atoms with van der Waals surface area (Å²) in [5.41, 5.74) is 4.78. The maximum Gasteiger partial charge on any atom is 0.421 e. The van der Waals surface area contributed by atoms with Crippen LogP contribution in [-0.4, -0.2) is 40.0 Å². The van der Waals surface area contributed by atoms with Crippen LogP contribution in [-0.2, 0) is 9.53 Å². The normalized spacial score (nSPS) is 16.8. The molecular formula is C25H28BrN5O3. The third kappa shape index (κ3) is 5.00. The molecule has 4 rings (SSSR count). The number of hydrogen-bond acceptors (Lipinski definition) is 5. The van der Waals surface area contributed by atoms with Gasteiger partial charge in [0.2, 0.25) is 5.91 Å². The van der Waals surface area contributed by atoms with Crippen LogP contribution in [0.4, 0.5) is 4.79 Å². The number of carbonyl (C=O) groups excluding carboxylic acids is 2. The molecule has 2 atom stereocenters. The summed E-state index contributed by atoms with van der Waals surface area (Å²) in [5.74, 6) is 5.17. The SMILES string of the molecule is C=C1CC(c2ncc(-c3ccc4cc(Br)ccc4c3)[nH]2)N(C(=O)C(COC(=O)NN)C(C)C)C1. The van der Waals surface area contributed by atoms with E-state index in [1.54, 1.807) is 11.1 Å². The number of H-pyrrole nitrogens is 1. The van der Waals surface area contributed by atoms with Crippen molar-refractivity contribution in [2.75, 3.05) is 13.2 Å². The summed E-state index contributed by atoms with van der Waals surface area (Å²) in [6, 6.07) is 12.2. The Balaban J connectivity index is 1.57. The first kappa shape index (κ1) is 24.0. The zero-order chi connectivity index (χ0) is 24.4. The molecule has 1 saturated heterocycles. The van der Waals surface area contributed by atoms with Crippen molar-refractivity contribution in [2.45, 2.75) is 26.3 Å². The molecule has 0 aliphatic carbocycles. The quantitative estimate of drug-likeness (QED) is 0.187. The zero-order valence-electron chi connectivity index (χ0n) is 19.2. The van der Waals surface area contributed by atoms with E-state index in [1.165, 1.54) is 0 Å². The van der Waals surface area contributed by atoms with Crippen LogP contribution in [0.25, 0.3) is 22.0 Å². The van der Waals surface area contributed by atoms with E-state index in [9.17, 15) is 9.59 Å². The molecule has 2 amide bonds. The van der Waals surface area contributed by atoms with Gasteiger partial charge in [0.1, 0.15) is 12.4 Å². The van der Waals surface area contributed by atoms with Gasteiger partial charge in [0.05, 0.1) is 23.9 Å². The monoisotopic (exact) mass is 525 g/mol. The highest BCUT2D eigenvalue weighted by atomic mass is 79.9. The van der Waals surface area contributed by atoms with E-state index in [2.05, 4.69) is 62.8 Å². The standard InChI is InChI=1S/C25H28BrN5O3/c1-14(2)20(13-34-25(33)30-27)24(32)31-12-15(3)8-22(31)23-28-11-21(29-23)18-5-4-17-10-19(26)7-6-16(17)9-18/h4-7,9-11,14,20,22H,3,8,12-13,27H2,1-2H3,(H,28,29)(H,30,33). The molecule has 1 aliphatic heterocycles. The van der Waals surface area contributed by atoms with Crippen LogP contribution >= 0.6 is 15.9 Å². The van der Waals surface area contributed by atoms with E-state index in [1.807, 2.05) is 25.3 Å². The Morgan fingerprint density at radius 2 is 2.03 bits per heavy atom. The van der Waals surface area contributed by atoms with Crippen LogP contribution in [0.3, 0.4) is 0 Å². The van der Waals surface area contributed by atoms with Gasteiger partial charge in [0.15, 0.2) is 0 Å². The van der Waals surface area contributed by atoms with E-state index < -0.39 is 12.0 Å². The molecule has 2 aromatic carbocycles. The fourth-order valence-corrected chi connectivity index (χ4v) is 4.66. The Labute approximate surface area is 206 Å². The van der Waals surface area contributed by atoms with Crippen molar-refractivity contribution in [3.05, 3.63) is 65.0 Å². The van der Waals surface area contributed by atoms with Crippen molar-refractivity contribution in [1.82, 2.24) is 20.3 Å². The number of hydrazine groups is 1. The van der Waals surface area contributed by atoms with Crippen molar-refractivity contribution < 1.29 is 14.3 Å². The number of carbonyl (C=O) groups is 2.